The first-order valence-electron chi connectivity index (χ1n) is 10.4. The summed E-state index contributed by atoms with van der Waals surface area (Å²) in [7, 11) is 0. The van der Waals surface area contributed by atoms with Crippen molar-refractivity contribution in [3.63, 3.8) is 0 Å². The second-order valence-corrected chi connectivity index (χ2v) is 7.97. The number of nitrogens with one attached hydrogen (secondary N) is 1. The minimum absolute atomic E-state index is 0.0735. The molecule has 6 heteroatoms. The molecule has 30 heavy (non-hydrogen) atoms. The average molecular weight is 405 g/mol. The summed E-state index contributed by atoms with van der Waals surface area (Å²) < 4.78 is 7.91. The van der Waals surface area contributed by atoms with Crippen LogP contribution in [0.25, 0.3) is 0 Å². The van der Waals surface area contributed by atoms with Crippen LogP contribution in [0.15, 0.2) is 60.9 Å². The van der Waals surface area contributed by atoms with Crippen molar-refractivity contribution in [3.05, 3.63) is 83.2 Å². The van der Waals surface area contributed by atoms with Gasteiger partial charge in [0.2, 0.25) is 0 Å². The lowest BCUT2D eigenvalue weighted by Gasteiger charge is -2.18. The lowest BCUT2D eigenvalue weighted by Crippen LogP contribution is -2.25. The Morgan fingerprint density at radius 1 is 1.17 bits per heavy atom. The first-order valence-corrected chi connectivity index (χ1v) is 10.4. The average Bonchev–Trinajstić information content (AvgIpc) is 3.13. The minimum Gasteiger partial charge on any atom is -0.492 e. The fourth-order valence-electron chi connectivity index (χ4n) is 3.60. The number of aromatic nitrogens is 2. The zero-order valence-electron chi connectivity index (χ0n) is 17.5. The van der Waals surface area contributed by atoms with Gasteiger partial charge in [-0.15, -0.1) is 0 Å². The van der Waals surface area contributed by atoms with Crippen molar-refractivity contribution < 1.29 is 9.53 Å². The third-order valence-electron chi connectivity index (χ3n) is 5.27. The summed E-state index contributed by atoms with van der Waals surface area (Å²) in [6, 6.07) is 16.0. The summed E-state index contributed by atoms with van der Waals surface area (Å²) in [5, 5.41) is 7.44. The predicted octanol–water partition coefficient (Wildman–Crippen LogP) is 3.79. The number of nitrogens with zero attached hydrogens (tertiary/aromatic N) is 3. The number of carbonyl (C=O) groups is 1. The van der Waals surface area contributed by atoms with E-state index in [1.54, 1.807) is 0 Å². The molecule has 6 nitrogen and oxygen atoms in total. The maximum atomic E-state index is 12.7. The van der Waals surface area contributed by atoms with Crippen LogP contribution in [0, 0.1) is 0 Å². The van der Waals surface area contributed by atoms with Crippen molar-refractivity contribution in [1.29, 1.82) is 0 Å². The zero-order valence-corrected chi connectivity index (χ0v) is 17.5. The molecule has 0 radical (unpaired) electrons. The first-order chi connectivity index (χ1) is 14.6. The number of hydrogen-bond donors (Lipinski definition) is 1. The van der Waals surface area contributed by atoms with Crippen molar-refractivity contribution >= 4 is 5.91 Å². The fourth-order valence-corrected chi connectivity index (χ4v) is 3.60. The van der Waals surface area contributed by atoms with Crippen LogP contribution in [0.1, 0.15) is 46.9 Å². The SMILES string of the molecule is CC(C)n1cc(CN2CCOc3ccc(C(=O)NCc4ccccc4)cc3C2)cn1. The molecule has 3 aromatic rings. The monoisotopic (exact) mass is 404 g/mol. The van der Waals surface area contributed by atoms with E-state index >= 15 is 0 Å². The van der Waals surface area contributed by atoms with E-state index in [2.05, 4.69) is 35.4 Å². The van der Waals surface area contributed by atoms with Gasteiger partial charge in [-0.1, -0.05) is 30.3 Å². The van der Waals surface area contributed by atoms with Crippen LogP contribution in [-0.4, -0.2) is 33.7 Å². The summed E-state index contributed by atoms with van der Waals surface area (Å²) in [6.07, 6.45) is 4.03. The first kappa shape index (κ1) is 20.2. The van der Waals surface area contributed by atoms with Crippen molar-refractivity contribution in [2.45, 2.75) is 39.5 Å². The van der Waals surface area contributed by atoms with Gasteiger partial charge in [0.15, 0.2) is 0 Å². The van der Waals surface area contributed by atoms with Gasteiger partial charge in [0.1, 0.15) is 12.4 Å². The van der Waals surface area contributed by atoms with Crippen LogP contribution in [-0.2, 0) is 19.6 Å². The molecule has 4 rings (SSSR count). The van der Waals surface area contributed by atoms with Gasteiger partial charge in [-0.3, -0.25) is 14.4 Å². The van der Waals surface area contributed by atoms with Gasteiger partial charge in [0.25, 0.3) is 5.91 Å². The highest BCUT2D eigenvalue weighted by Gasteiger charge is 2.18. The highest BCUT2D eigenvalue weighted by atomic mass is 16.5. The molecule has 1 aromatic heterocycles. The Kier molecular flexibility index (Phi) is 6.14. The van der Waals surface area contributed by atoms with E-state index in [0.717, 1.165) is 36.5 Å². The molecule has 2 aromatic carbocycles. The van der Waals surface area contributed by atoms with Crippen LogP contribution in [0.2, 0.25) is 0 Å². The largest absolute Gasteiger partial charge is 0.492 e. The Morgan fingerprint density at radius 3 is 2.77 bits per heavy atom. The maximum Gasteiger partial charge on any atom is 0.251 e. The van der Waals surface area contributed by atoms with E-state index in [1.807, 2.05) is 59.4 Å². The zero-order chi connectivity index (χ0) is 20.9. The quantitative estimate of drug-likeness (QED) is 0.679. The molecular formula is C24H28N4O2. The lowest BCUT2D eigenvalue weighted by atomic mass is 10.1. The molecule has 0 aliphatic carbocycles. The predicted molar refractivity (Wildman–Crippen MR) is 116 cm³/mol. The second-order valence-electron chi connectivity index (χ2n) is 7.97. The number of rotatable bonds is 6. The molecule has 2 heterocycles. The lowest BCUT2D eigenvalue weighted by molar-refractivity contribution is 0.0950. The van der Waals surface area contributed by atoms with Crippen LogP contribution < -0.4 is 10.1 Å². The van der Waals surface area contributed by atoms with E-state index < -0.39 is 0 Å². The molecule has 156 valence electrons. The Morgan fingerprint density at radius 2 is 2.00 bits per heavy atom. The van der Waals surface area contributed by atoms with Crippen molar-refractivity contribution in [2.75, 3.05) is 13.2 Å². The molecule has 1 N–H and O–H groups in total. The van der Waals surface area contributed by atoms with Crippen molar-refractivity contribution in [1.82, 2.24) is 20.0 Å². The van der Waals surface area contributed by atoms with E-state index in [0.29, 0.717) is 24.8 Å². The highest BCUT2D eigenvalue weighted by molar-refractivity contribution is 5.94. The Labute approximate surface area is 177 Å². The topological polar surface area (TPSA) is 59.4 Å². The third kappa shape index (κ3) is 4.89. The Balaban J connectivity index is 1.43. The molecule has 0 saturated heterocycles. The second kappa shape index (κ2) is 9.13. The number of fused-ring (bicyclic) bond motifs is 1. The summed E-state index contributed by atoms with van der Waals surface area (Å²) in [5.41, 5.74) is 3.96. The molecule has 1 aliphatic heterocycles. The smallest absolute Gasteiger partial charge is 0.251 e. The van der Waals surface area contributed by atoms with E-state index in [1.165, 1.54) is 5.56 Å². The van der Waals surface area contributed by atoms with Crippen LogP contribution >= 0.6 is 0 Å². The summed E-state index contributed by atoms with van der Waals surface area (Å²) in [6.45, 7) is 7.76. The van der Waals surface area contributed by atoms with Gasteiger partial charge in [-0.2, -0.15) is 5.10 Å². The molecule has 0 saturated carbocycles. The van der Waals surface area contributed by atoms with Gasteiger partial charge in [-0.05, 0) is 37.6 Å². The van der Waals surface area contributed by atoms with Crippen molar-refractivity contribution in [2.24, 2.45) is 0 Å². The molecule has 0 unspecified atom stereocenters. The molecule has 1 amide bonds. The number of hydrogen-bond acceptors (Lipinski definition) is 4. The fraction of sp³-hybridized carbons (Fsp3) is 0.333. The standard InChI is InChI=1S/C24H28N4O2/c1-18(2)28-16-20(14-26-28)15-27-10-11-30-23-9-8-21(12-22(23)17-27)24(29)25-13-19-6-4-3-5-7-19/h3-9,12,14,16,18H,10-11,13,15,17H2,1-2H3,(H,25,29). The molecule has 0 fully saturated rings. The van der Waals surface area contributed by atoms with Crippen LogP contribution in [0.4, 0.5) is 0 Å². The van der Waals surface area contributed by atoms with Gasteiger partial charge in [0.05, 0.1) is 6.20 Å². The van der Waals surface area contributed by atoms with Gasteiger partial charge < -0.3 is 10.1 Å². The van der Waals surface area contributed by atoms with E-state index in [-0.39, 0.29) is 5.91 Å². The van der Waals surface area contributed by atoms with Crippen LogP contribution in [0.5, 0.6) is 5.75 Å². The molecule has 0 spiro atoms. The van der Waals surface area contributed by atoms with Gasteiger partial charge >= 0.3 is 0 Å². The Hall–Kier alpha value is -3.12. The normalized spacial score (nSPS) is 14.1. The van der Waals surface area contributed by atoms with Gasteiger partial charge in [0, 0.05) is 55.1 Å². The summed E-state index contributed by atoms with van der Waals surface area (Å²) in [5.74, 6) is 0.783. The molecule has 0 atom stereocenters. The third-order valence-corrected chi connectivity index (χ3v) is 5.27. The summed E-state index contributed by atoms with van der Waals surface area (Å²) in [4.78, 5) is 15.0. The Bertz CT molecular complexity index is 997. The van der Waals surface area contributed by atoms with Crippen molar-refractivity contribution in [3.8, 4) is 5.75 Å². The van der Waals surface area contributed by atoms with E-state index in [9.17, 15) is 4.79 Å². The highest BCUT2D eigenvalue weighted by Crippen LogP contribution is 2.25. The number of carbonyl (C=O) groups excluding carboxylic acids is 1. The minimum atomic E-state index is -0.0735. The van der Waals surface area contributed by atoms with Crippen LogP contribution in [0.3, 0.4) is 0 Å². The molecule has 0 bridgehead atoms. The number of benzene rings is 2. The molecule has 1 aliphatic rings. The number of ether oxygens (including phenoxy) is 1. The summed E-state index contributed by atoms with van der Waals surface area (Å²) >= 11 is 0. The molecular weight excluding hydrogens is 376 g/mol. The van der Waals surface area contributed by atoms with E-state index in [4.69, 9.17) is 4.74 Å². The maximum absolute atomic E-state index is 12.7. The van der Waals surface area contributed by atoms with Gasteiger partial charge in [-0.25, -0.2) is 0 Å². The number of amides is 1.